The maximum Gasteiger partial charge on any atom is 0.338 e. The molecule has 5 rings (SSSR count). The fraction of sp³-hybridized carbons (Fsp3) is 0.107. The molecular formula is C28H23N3O3. The molecule has 0 aliphatic rings. The zero-order chi connectivity index (χ0) is 23.7. The first kappa shape index (κ1) is 21.4. The van der Waals surface area contributed by atoms with Crippen molar-refractivity contribution < 1.29 is 14.3 Å². The Hall–Kier alpha value is -4.45. The number of benzene rings is 4. The number of aromatic amines is 1. The Bertz CT molecular complexity index is 1510. The lowest BCUT2D eigenvalue weighted by atomic mass is 10.1. The van der Waals surface area contributed by atoms with E-state index in [2.05, 4.69) is 15.3 Å². The van der Waals surface area contributed by atoms with Gasteiger partial charge in [0.25, 0.3) is 5.91 Å². The molecule has 1 aromatic heterocycles. The number of nitrogens with zero attached hydrogens (tertiary/aromatic N) is 1. The van der Waals surface area contributed by atoms with E-state index in [9.17, 15) is 9.59 Å². The number of imidazole rings is 1. The quantitative estimate of drug-likeness (QED) is 0.328. The van der Waals surface area contributed by atoms with Gasteiger partial charge in [0.05, 0.1) is 16.6 Å². The largest absolute Gasteiger partial charge is 0.449 e. The number of esters is 1. The number of ether oxygens (including phenoxy) is 1. The Morgan fingerprint density at radius 3 is 2.53 bits per heavy atom. The second kappa shape index (κ2) is 8.83. The van der Waals surface area contributed by atoms with Crippen LogP contribution in [0, 0.1) is 6.92 Å². The maximum absolute atomic E-state index is 12.7. The molecule has 34 heavy (non-hydrogen) atoms. The van der Waals surface area contributed by atoms with Gasteiger partial charge in [-0.25, -0.2) is 9.78 Å². The molecule has 1 heterocycles. The van der Waals surface area contributed by atoms with Crippen LogP contribution in [-0.2, 0) is 9.53 Å². The molecule has 6 heteroatoms. The van der Waals surface area contributed by atoms with E-state index in [4.69, 9.17) is 4.74 Å². The first-order chi connectivity index (χ1) is 16.5. The van der Waals surface area contributed by atoms with E-state index >= 15 is 0 Å². The summed E-state index contributed by atoms with van der Waals surface area (Å²) in [5.41, 5.74) is 4.62. The summed E-state index contributed by atoms with van der Waals surface area (Å²) in [6.07, 6.45) is -0.966. The zero-order valence-electron chi connectivity index (χ0n) is 18.8. The highest BCUT2D eigenvalue weighted by Crippen LogP contribution is 2.24. The topological polar surface area (TPSA) is 84.1 Å². The number of rotatable bonds is 5. The molecule has 1 unspecified atom stereocenters. The summed E-state index contributed by atoms with van der Waals surface area (Å²) in [7, 11) is 0. The van der Waals surface area contributed by atoms with Crippen molar-refractivity contribution in [3.8, 4) is 11.4 Å². The third-order valence-corrected chi connectivity index (χ3v) is 5.74. The molecule has 5 aromatic rings. The van der Waals surface area contributed by atoms with E-state index < -0.39 is 18.0 Å². The molecule has 1 atom stereocenters. The molecule has 6 nitrogen and oxygen atoms in total. The minimum atomic E-state index is -0.966. The molecule has 1 amide bonds. The van der Waals surface area contributed by atoms with Crippen LogP contribution in [0.1, 0.15) is 22.8 Å². The van der Waals surface area contributed by atoms with Gasteiger partial charge in [-0.1, -0.05) is 66.2 Å². The van der Waals surface area contributed by atoms with Gasteiger partial charge in [0.2, 0.25) is 0 Å². The van der Waals surface area contributed by atoms with Gasteiger partial charge in [0.1, 0.15) is 5.82 Å². The highest BCUT2D eigenvalue weighted by Gasteiger charge is 2.20. The fourth-order valence-corrected chi connectivity index (χ4v) is 3.84. The van der Waals surface area contributed by atoms with Gasteiger partial charge in [-0.15, -0.1) is 0 Å². The number of amides is 1. The van der Waals surface area contributed by atoms with Crippen LogP contribution in [0.15, 0.2) is 84.9 Å². The first-order valence-corrected chi connectivity index (χ1v) is 11.0. The molecule has 0 aliphatic carbocycles. The summed E-state index contributed by atoms with van der Waals surface area (Å²) in [5.74, 6) is -0.244. The molecule has 0 bridgehead atoms. The van der Waals surface area contributed by atoms with Gasteiger partial charge in [-0.2, -0.15) is 0 Å². The standard InChI is InChI=1S/C28H23N3O3/c1-17-10-12-20(13-11-17)26-29-24-15-14-21(16-25(24)30-26)28(33)34-18(2)27(32)31-23-9-5-7-19-6-3-4-8-22(19)23/h3-16,18H,1-2H3,(H,29,30)(H,31,32). The van der Waals surface area contributed by atoms with Crippen LogP contribution >= 0.6 is 0 Å². The number of hydrogen-bond donors (Lipinski definition) is 2. The Balaban J connectivity index is 1.30. The van der Waals surface area contributed by atoms with E-state index in [1.54, 1.807) is 25.1 Å². The first-order valence-electron chi connectivity index (χ1n) is 11.0. The van der Waals surface area contributed by atoms with Crippen LogP contribution in [0.2, 0.25) is 0 Å². The second-order valence-corrected chi connectivity index (χ2v) is 8.25. The van der Waals surface area contributed by atoms with Gasteiger partial charge in [-0.3, -0.25) is 4.79 Å². The Morgan fingerprint density at radius 2 is 1.71 bits per heavy atom. The Morgan fingerprint density at radius 1 is 0.941 bits per heavy atom. The van der Waals surface area contributed by atoms with E-state index in [1.165, 1.54) is 5.56 Å². The molecule has 4 aromatic carbocycles. The number of fused-ring (bicyclic) bond motifs is 2. The lowest BCUT2D eigenvalue weighted by Crippen LogP contribution is -2.30. The summed E-state index contributed by atoms with van der Waals surface area (Å²) >= 11 is 0. The third-order valence-electron chi connectivity index (χ3n) is 5.74. The van der Waals surface area contributed by atoms with E-state index in [1.807, 2.05) is 73.7 Å². The number of aromatic nitrogens is 2. The van der Waals surface area contributed by atoms with Crippen molar-refractivity contribution in [2.45, 2.75) is 20.0 Å². The highest BCUT2D eigenvalue weighted by atomic mass is 16.5. The van der Waals surface area contributed by atoms with Gasteiger partial charge >= 0.3 is 5.97 Å². The number of carbonyl (C=O) groups is 2. The number of H-pyrrole nitrogens is 1. The van der Waals surface area contributed by atoms with Crippen molar-refractivity contribution in [2.24, 2.45) is 0 Å². The van der Waals surface area contributed by atoms with Crippen LogP contribution in [0.4, 0.5) is 5.69 Å². The monoisotopic (exact) mass is 449 g/mol. The van der Waals surface area contributed by atoms with Crippen molar-refractivity contribution >= 4 is 39.4 Å². The zero-order valence-corrected chi connectivity index (χ0v) is 18.8. The van der Waals surface area contributed by atoms with Crippen molar-refractivity contribution in [1.82, 2.24) is 9.97 Å². The molecular weight excluding hydrogens is 426 g/mol. The van der Waals surface area contributed by atoms with Crippen molar-refractivity contribution in [1.29, 1.82) is 0 Å². The van der Waals surface area contributed by atoms with E-state index in [0.29, 0.717) is 11.3 Å². The molecule has 0 aliphatic heterocycles. The van der Waals surface area contributed by atoms with Crippen LogP contribution in [-0.4, -0.2) is 27.9 Å². The van der Waals surface area contributed by atoms with Crippen LogP contribution in [0.3, 0.4) is 0 Å². The predicted molar refractivity (Wildman–Crippen MR) is 134 cm³/mol. The maximum atomic E-state index is 12.7. The SMILES string of the molecule is Cc1ccc(-c2nc3ccc(C(=O)OC(C)C(=O)Nc4cccc5ccccc45)cc3[nH]2)cc1. The van der Waals surface area contributed by atoms with E-state index in [0.717, 1.165) is 33.2 Å². The molecule has 168 valence electrons. The van der Waals surface area contributed by atoms with Crippen molar-refractivity contribution in [3.63, 3.8) is 0 Å². The lowest BCUT2D eigenvalue weighted by molar-refractivity contribution is -0.123. The normalized spacial score (nSPS) is 11.9. The lowest BCUT2D eigenvalue weighted by Gasteiger charge is -2.15. The molecule has 2 N–H and O–H groups in total. The molecule has 0 fully saturated rings. The smallest absolute Gasteiger partial charge is 0.338 e. The number of carbonyl (C=O) groups excluding carboxylic acids is 2. The minimum Gasteiger partial charge on any atom is -0.449 e. The van der Waals surface area contributed by atoms with Gasteiger partial charge < -0.3 is 15.0 Å². The third kappa shape index (κ3) is 4.26. The molecule has 0 spiro atoms. The van der Waals surface area contributed by atoms with Crippen molar-refractivity contribution in [3.05, 3.63) is 96.1 Å². The van der Waals surface area contributed by atoms with Crippen LogP contribution < -0.4 is 5.32 Å². The minimum absolute atomic E-state index is 0.344. The molecule has 0 saturated heterocycles. The number of anilines is 1. The average Bonchev–Trinajstić information content (AvgIpc) is 3.28. The van der Waals surface area contributed by atoms with Gasteiger partial charge in [0, 0.05) is 16.6 Å². The molecule has 0 radical (unpaired) electrons. The summed E-state index contributed by atoms with van der Waals surface area (Å²) in [5, 5.41) is 4.80. The highest BCUT2D eigenvalue weighted by molar-refractivity contribution is 6.04. The number of aryl methyl sites for hydroxylation is 1. The fourth-order valence-electron chi connectivity index (χ4n) is 3.84. The number of nitrogens with one attached hydrogen (secondary N) is 2. The van der Waals surface area contributed by atoms with Gasteiger partial charge in [-0.05, 0) is 43.5 Å². The summed E-state index contributed by atoms with van der Waals surface area (Å²) in [6.45, 7) is 3.59. The van der Waals surface area contributed by atoms with Gasteiger partial charge in [0.15, 0.2) is 6.10 Å². The Labute approximate surface area is 196 Å². The number of hydrogen-bond acceptors (Lipinski definition) is 4. The molecule has 0 saturated carbocycles. The summed E-state index contributed by atoms with van der Waals surface area (Å²) in [4.78, 5) is 33.3. The second-order valence-electron chi connectivity index (χ2n) is 8.25. The van der Waals surface area contributed by atoms with Crippen LogP contribution in [0.5, 0.6) is 0 Å². The predicted octanol–water partition coefficient (Wildman–Crippen LogP) is 5.88. The Kier molecular flexibility index (Phi) is 5.55. The van der Waals surface area contributed by atoms with E-state index in [-0.39, 0.29) is 0 Å². The summed E-state index contributed by atoms with van der Waals surface area (Å²) < 4.78 is 5.45. The van der Waals surface area contributed by atoms with Crippen molar-refractivity contribution in [2.75, 3.05) is 5.32 Å². The van der Waals surface area contributed by atoms with Crippen LogP contribution in [0.25, 0.3) is 33.2 Å². The average molecular weight is 450 g/mol. The summed E-state index contributed by atoms with van der Waals surface area (Å²) in [6, 6.07) is 26.6.